The van der Waals surface area contributed by atoms with Crippen LogP contribution in [0.4, 0.5) is 10.9 Å². The molecule has 0 bridgehead atoms. The molecule has 0 unspecified atom stereocenters. The number of nitrogens with zero attached hydrogens (tertiary/aromatic N) is 3. The van der Waals surface area contributed by atoms with Crippen LogP contribution in [0, 0.1) is 0 Å². The lowest BCUT2D eigenvalue weighted by Crippen LogP contribution is -2.36. The summed E-state index contributed by atoms with van der Waals surface area (Å²) < 4.78 is 5.35. The van der Waals surface area contributed by atoms with Gasteiger partial charge in [-0.1, -0.05) is 30.3 Å². The minimum atomic E-state index is -0.198. The number of morpholine rings is 1. The van der Waals surface area contributed by atoms with E-state index in [0.29, 0.717) is 23.9 Å². The number of anilines is 2. The van der Waals surface area contributed by atoms with Gasteiger partial charge in [-0.05, 0) is 17.7 Å². The molecule has 1 amide bonds. The Bertz CT molecular complexity index is 890. The average Bonchev–Trinajstić information content (AvgIpc) is 3.16. The maximum Gasteiger partial charge on any atom is 0.259 e. The average molecular weight is 380 g/mol. The van der Waals surface area contributed by atoms with Crippen LogP contribution in [0.5, 0.6) is 0 Å². The number of hydrogen-bond donors (Lipinski definition) is 1. The number of amides is 1. The topological polar surface area (TPSA) is 67.4 Å². The second-order valence-corrected chi connectivity index (χ2v) is 7.37. The van der Waals surface area contributed by atoms with Crippen molar-refractivity contribution in [1.82, 2.24) is 9.97 Å². The van der Waals surface area contributed by atoms with E-state index in [0.717, 1.165) is 30.2 Å². The van der Waals surface area contributed by atoms with Gasteiger partial charge in [-0.2, -0.15) is 0 Å². The number of nitrogens with one attached hydrogen (secondary N) is 1. The number of thiazole rings is 1. The Hall–Kier alpha value is -2.77. The van der Waals surface area contributed by atoms with Crippen LogP contribution in [0.25, 0.3) is 0 Å². The van der Waals surface area contributed by atoms with Gasteiger partial charge in [0.25, 0.3) is 5.91 Å². The molecule has 1 aromatic carbocycles. The van der Waals surface area contributed by atoms with E-state index in [9.17, 15) is 4.79 Å². The van der Waals surface area contributed by atoms with E-state index in [4.69, 9.17) is 4.74 Å². The lowest BCUT2D eigenvalue weighted by Gasteiger charge is -2.27. The van der Waals surface area contributed by atoms with E-state index >= 15 is 0 Å². The molecule has 1 fully saturated rings. The van der Waals surface area contributed by atoms with Crippen molar-refractivity contribution in [2.75, 3.05) is 36.5 Å². The number of rotatable bonds is 5. The summed E-state index contributed by atoms with van der Waals surface area (Å²) in [5, 5.41) is 3.46. The largest absolute Gasteiger partial charge is 0.378 e. The molecule has 0 atom stereocenters. The number of hydrogen-bond acceptors (Lipinski definition) is 6. The third-order valence-corrected chi connectivity index (χ3v) is 5.25. The highest BCUT2D eigenvalue weighted by Crippen LogP contribution is 2.22. The molecule has 27 heavy (non-hydrogen) atoms. The molecule has 3 heterocycles. The minimum Gasteiger partial charge on any atom is -0.378 e. The fraction of sp³-hybridized carbons (Fsp3) is 0.250. The molecule has 7 heteroatoms. The molecule has 1 aliphatic heterocycles. The van der Waals surface area contributed by atoms with E-state index in [-0.39, 0.29) is 5.91 Å². The Labute approximate surface area is 161 Å². The molecular weight excluding hydrogens is 360 g/mol. The zero-order chi connectivity index (χ0) is 18.5. The number of aromatic nitrogens is 2. The van der Waals surface area contributed by atoms with E-state index in [2.05, 4.69) is 32.3 Å². The highest BCUT2D eigenvalue weighted by atomic mass is 32.1. The normalized spacial score (nSPS) is 14.1. The minimum absolute atomic E-state index is 0.198. The summed E-state index contributed by atoms with van der Waals surface area (Å²) in [7, 11) is 0. The Morgan fingerprint density at radius 2 is 1.89 bits per heavy atom. The van der Waals surface area contributed by atoms with E-state index < -0.39 is 0 Å². The van der Waals surface area contributed by atoms with Gasteiger partial charge in [-0.15, -0.1) is 11.3 Å². The fourth-order valence-corrected chi connectivity index (χ4v) is 3.75. The molecule has 2 aromatic heterocycles. The summed E-state index contributed by atoms with van der Waals surface area (Å²) in [6, 6.07) is 13.9. The Kier molecular flexibility index (Phi) is 5.41. The Morgan fingerprint density at radius 3 is 2.63 bits per heavy atom. The van der Waals surface area contributed by atoms with Crippen molar-refractivity contribution in [2.45, 2.75) is 6.42 Å². The molecule has 1 aliphatic rings. The van der Waals surface area contributed by atoms with Crippen molar-refractivity contribution in [3.8, 4) is 0 Å². The Morgan fingerprint density at radius 1 is 1.07 bits per heavy atom. The smallest absolute Gasteiger partial charge is 0.259 e. The van der Waals surface area contributed by atoms with E-state index in [1.165, 1.54) is 16.9 Å². The summed E-state index contributed by atoms with van der Waals surface area (Å²) in [6.45, 7) is 3.06. The van der Waals surface area contributed by atoms with Crippen molar-refractivity contribution in [3.63, 3.8) is 0 Å². The lowest BCUT2D eigenvalue weighted by molar-refractivity contribution is 0.102. The summed E-state index contributed by atoms with van der Waals surface area (Å²) in [6.07, 6.45) is 4.23. The van der Waals surface area contributed by atoms with Gasteiger partial charge in [0, 0.05) is 36.8 Å². The number of pyridine rings is 1. The van der Waals surface area contributed by atoms with Crippen LogP contribution in [0.1, 0.15) is 20.8 Å². The first-order valence-electron chi connectivity index (χ1n) is 8.87. The fourth-order valence-electron chi connectivity index (χ4n) is 2.91. The second kappa shape index (κ2) is 8.28. The molecular formula is C20H20N4O2S. The standard InChI is InChI=1S/C20H20N4O2S/c25-19(16-6-7-18(21-13-16)24-8-10-26-11-9-24)23-20-22-14-17(27-20)12-15-4-2-1-3-5-15/h1-7,13-14H,8-12H2,(H,22,23,25). The van der Waals surface area contributed by atoms with Gasteiger partial charge in [0.05, 0.1) is 18.8 Å². The third kappa shape index (κ3) is 4.50. The monoisotopic (exact) mass is 380 g/mol. The van der Waals surface area contributed by atoms with Crippen LogP contribution >= 0.6 is 11.3 Å². The molecule has 3 aromatic rings. The first-order valence-corrected chi connectivity index (χ1v) is 9.68. The second-order valence-electron chi connectivity index (χ2n) is 6.25. The zero-order valence-electron chi connectivity index (χ0n) is 14.8. The first kappa shape index (κ1) is 17.6. The zero-order valence-corrected chi connectivity index (χ0v) is 15.6. The van der Waals surface area contributed by atoms with Gasteiger partial charge in [0.2, 0.25) is 0 Å². The van der Waals surface area contributed by atoms with Crippen molar-refractivity contribution in [3.05, 3.63) is 70.9 Å². The molecule has 1 N–H and O–H groups in total. The number of carbonyl (C=O) groups excluding carboxylic acids is 1. The van der Waals surface area contributed by atoms with Crippen LogP contribution < -0.4 is 10.2 Å². The molecule has 0 spiro atoms. The number of ether oxygens (including phenoxy) is 1. The SMILES string of the molecule is O=C(Nc1ncc(Cc2ccccc2)s1)c1ccc(N2CCOCC2)nc1. The van der Waals surface area contributed by atoms with Gasteiger partial charge in [-0.3, -0.25) is 10.1 Å². The molecule has 0 aliphatic carbocycles. The molecule has 0 radical (unpaired) electrons. The van der Waals surface area contributed by atoms with Gasteiger partial charge < -0.3 is 9.64 Å². The van der Waals surface area contributed by atoms with Crippen LogP contribution in [0.2, 0.25) is 0 Å². The van der Waals surface area contributed by atoms with Crippen LogP contribution in [-0.4, -0.2) is 42.2 Å². The van der Waals surface area contributed by atoms with E-state index in [1.54, 1.807) is 12.3 Å². The van der Waals surface area contributed by atoms with Gasteiger partial charge in [0.1, 0.15) is 5.82 Å². The molecule has 0 saturated carbocycles. The van der Waals surface area contributed by atoms with Crippen LogP contribution in [0.15, 0.2) is 54.9 Å². The lowest BCUT2D eigenvalue weighted by atomic mass is 10.1. The molecule has 138 valence electrons. The summed E-state index contributed by atoms with van der Waals surface area (Å²) >= 11 is 1.49. The molecule has 1 saturated heterocycles. The van der Waals surface area contributed by atoms with Crippen molar-refractivity contribution in [2.24, 2.45) is 0 Å². The number of benzene rings is 1. The molecule has 4 rings (SSSR count). The predicted octanol–water partition coefficient (Wildman–Crippen LogP) is 3.22. The summed E-state index contributed by atoms with van der Waals surface area (Å²) in [4.78, 5) is 24.4. The van der Waals surface area contributed by atoms with Gasteiger partial charge in [-0.25, -0.2) is 9.97 Å². The maximum atomic E-state index is 12.5. The van der Waals surface area contributed by atoms with Crippen LogP contribution in [0.3, 0.4) is 0 Å². The van der Waals surface area contributed by atoms with Crippen LogP contribution in [-0.2, 0) is 11.2 Å². The molecule has 6 nitrogen and oxygen atoms in total. The van der Waals surface area contributed by atoms with Crippen molar-refractivity contribution in [1.29, 1.82) is 0 Å². The summed E-state index contributed by atoms with van der Waals surface area (Å²) in [5.41, 5.74) is 1.74. The summed E-state index contributed by atoms with van der Waals surface area (Å²) in [5.74, 6) is 0.672. The number of carbonyl (C=O) groups is 1. The van der Waals surface area contributed by atoms with Gasteiger partial charge >= 0.3 is 0 Å². The van der Waals surface area contributed by atoms with E-state index in [1.807, 2.05) is 30.5 Å². The first-order chi connectivity index (χ1) is 13.3. The third-order valence-electron chi connectivity index (χ3n) is 4.34. The maximum absolute atomic E-state index is 12.5. The van der Waals surface area contributed by atoms with Crippen molar-refractivity contribution >= 4 is 28.2 Å². The van der Waals surface area contributed by atoms with Crippen molar-refractivity contribution < 1.29 is 9.53 Å². The van der Waals surface area contributed by atoms with Gasteiger partial charge in [0.15, 0.2) is 5.13 Å². The highest BCUT2D eigenvalue weighted by Gasteiger charge is 2.14. The predicted molar refractivity (Wildman–Crippen MR) is 107 cm³/mol. The quantitative estimate of drug-likeness (QED) is 0.736. The highest BCUT2D eigenvalue weighted by molar-refractivity contribution is 7.15. The Balaban J connectivity index is 1.37.